The van der Waals surface area contributed by atoms with Crippen molar-refractivity contribution in [2.24, 2.45) is 0 Å². The van der Waals surface area contributed by atoms with Crippen molar-refractivity contribution in [1.82, 2.24) is 5.32 Å². The van der Waals surface area contributed by atoms with Crippen LogP contribution in [0.5, 0.6) is 0 Å². The number of carbonyl (C=O) groups is 1. The van der Waals surface area contributed by atoms with Gasteiger partial charge in [0.2, 0.25) is 0 Å². The van der Waals surface area contributed by atoms with Crippen molar-refractivity contribution >= 4 is 11.6 Å². The summed E-state index contributed by atoms with van der Waals surface area (Å²) in [4.78, 5) is 11.7. The molecule has 2 rings (SSSR count). The Morgan fingerprint density at radius 3 is 2.65 bits per heavy atom. The van der Waals surface area contributed by atoms with Crippen LogP contribution < -0.4 is 10.6 Å². The average molecular weight is 272 g/mol. The fourth-order valence-electron chi connectivity index (χ4n) is 2.05. The molecule has 104 valence electrons. The lowest BCUT2D eigenvalue weighted by molar-refractivity contribution is 0.0962. The van der Waals surface area contributed by atoms with Gasteiger partial charge in [0.15, 0.2) is 0 Å². The van der Waals surface area contributed by atoms with Gasteiger partial charge in [0.1, 0.15) is 5.82 Å². The molecule has 3 nitrogen and oxygen atoms in total. The molecule has 0 aliphatic carbocycles. The minimum Gasteiger partial charge on any atom is -0.381 e. The molecule has 0 aliphatic rings. The number of hydrogen-bond acceptors (Lipinski definition) is 2. The van der Waals surface area contributed by atoms with E-state index < -0.39 is 0 Å². The molecule has 0 fully saturated rings. The van der Waals surface area contributed by atoms with E-state index in [0.29, 0.717) is 12.1 Å². The Hall–Kier alpha value is -2.36. The predicted octanol–water partition coefficient (Wildman–Crippen LogP) is 3.11. The molecular formula is C16H17FN2O. The molecule has 0 aromatic heterocycles. The topological polar surface area (TPSA) is 41.1 Å². The Balaban J connectivity index is 2.16. The Bertz CT molecular complexity index is 626. The lowest BCUT2D eigenvalue weighted by Gasteiger charge is -2.12. The predicted molar refractivity (Wildman–Crippen MR) is 78.3 cm³/mol. The quantitative estimate of drug-likeness (QED) is 0.898. The van der Waals surface area contributed by atoms with Gasteiger partial charge in [-0.3, -0.25) is 4.79 Å². The maximum atomic E-state index is 13.1. The summed E-state index contributed by atoms with van der Waals surface area (Å²) in [5, 5.41) is 5.84. The molecule has 0 bridgehead atoms. The molecular weight excluding hydrogens is 255 g/mol. The maximum absolute atomic E-state index is 13.1. The Morgan fingerprint density at radius 2 is 1.95 bits per heavy atom. The summed E-state index contributed by atoms with van der Waals surface area (Å²) in [6, 6.07) is 12.0. The SMILES string of the molecule is CNC(=O)c1cccc(NCc2cccc(F)c2)c1C. The summed E-state index contributed by atoms with van der Waals surface area (Å²) >= 11 is 0. The van der Waals surface area contributed by atoms with E-state index >= 15 is 0 Å². The van der Waals surface area contributed by atoms with Crippen LogP contribution in [-0.4, -0.2) is 13.0 Å². The van der Waals surface area contributed by atoms with E-state index in [9.17, 15) is 9.18 Å². The van der Waals surface area contributed by atoms with Gasteiger partial charge in [-0.2, -0.15) is 0 Å². The van der Waals surface area contributed by atoms with Crippen molar-refractivity contribution in [3.05, 3.63) is 65.0 Å². The molecule has 0 saturated carbocycles. The second-order valence-corrected chi connectivity index (χ2v) is 4.54. The van der Waals surface area contributed by atoms with E-state index in [-0.39, 0.29) is 11.7 Å². The highest BCUT2D eigenvalue weighted by Crippen LogP contribution is 2.19. The van der Waals surface area contributed by atoms with Gasteiger partial charge in [-0.05, 0) is 42.3 Å². The molecule has 2 N–H and O–H groups in total. The molecule has 0 unspecified atom stereocenters. The van der Waals surface area contributed by atoms with Crippen molar-refractivity contribution in [2.75, 3.05) is 12.4 Å². The van der Waals surface area contributed by atoms with Gasteiger partial charge in [0.25, 0.3) is 5.91 Å². The highest BCUT2D eigenvalue weighted by molar-refractivity contribution is 5.96. The van der Waals surface area contributed by atoms with Gasteiger partial charge in [0.05, 0.1) is 0 Å². The van der Waals surface area contributed by atoms with E-state index in [1.54, 1.807) is 19.2 Å². The van der Waals surface area contributed by atoms with Gasteiger partial charge < -0.3 is 10.6 Å². The summed E-state index contributed by atoms with van der Waals surface area (Å²) in [7, 11) is 1.61. The van der Waals surface area contributed by atoms with Crippen molar-refractivity contribution in [3.63, 3.8) is 0 Å². The van der Waals surface area contributed by atoms with Crippen LogP contribution in [0.3, 0.4) is 0 Å². The van der Waals surface area contributed by atoms with Crippen LogP contribution in [0.15, 0.2) is 42.5 Å². The molecule has 4 heteroatoms. The number of nitrogens with one attached hydrogen (secondary N) is 2. The minimum atomic E-state index is -0.250. The third kappa shape index (κ3) is 3.15. The van der Waals surface area contributed by atoms with E-state index in [1.807, 2.05) is 25.1 Å². The van der Waals surface area contributed by atoms with E-state index in [4.69, 9.17) is 0 Å². The van der Waals surface area contributed by atoms with Crippen LogP contribution in [0.1, 0.15) is 21.5 Å². The number of amides is 1. The van der Waals surface area contributed by atoms with Crippen LogP contribution in [-0.2, 0) is 6.54 Å². The molecule has 0 aliphatic heterocycles. The number of hydrogen-bond donors (Lipinski definition) is 2. The highest BCUT2D eigenvalue weighted by Gasteiger charge is 2.09. The van der Waals surface area contributed by atoms with E-state index in [0.717, 1.165) is 16.8 Å². The zero-order chi connectivity index (χ0) is 14.5. The first-order chi connectivity index (χ1) is 9.61. The first-order valence-electron chi connectivity index (χ1n) is 6.42. The normalized spacial score (nSPS) is 10.2. The Kier molecular flexibility index (Phi) is 4.35. The third-order valence-electron chi connectivity index (χ3n) is 3.18. The minimum absolute atomic E-state index is 0.114. The second-order valence-electron chi connectivity index (χ2n) is 4.54. The van der Waals surface area contributed by atoms with Gasteiger partial charge >= 0.3 is 0 Å². The Morgan fingerprint density at radius 1 is 1.20 bits per heavy atom. The third-order valence-corrected chi connectivity index (χ3v) is 3.18. The number of halogens is 1. The molecule has 0 heterocycles. The van der Waals surface area contributed by atoms with Gasteiger partial charge in [0, 0.05) is 24.8 Å². The first kappa shape index (κ1) is 14.1. The monoisotopic (exact) mass is 272 g/mol. The van der Waals surface area contributed by atoms with Crippen LogP contribution in [0.2, 0.25) is 0 Å². The molecule has 2 aromatic rings. The number of benzene rings is 2. The molecule has 0 atom stereocenters. The van der Waals surface area contributed by atoms with Crippen LogP contribution in [0.25, 0.3) is 0 Å². The van der Waals surface area contributed by atoms with Crippen molar-refractivity contribution < 1.29 is 9.18 Å². The fourth-order valence-corrected chi connectivity index (χ4v) is 2.05. The van der Waals surface area contributed by atoms with Crippen LogP contribution in [0.4, 0.5) is 10.1 Å². The lowest BCUT2D eigenvalue weighted by atomic mass is 10.1. The zero-order valence-electron chi connectivity index (χ0n) is 11.5. The standard InChI is InChI=1S/C16H17FN2O/c1-11-14(16(20)18-2)7-4-8-15(11)19-10-12-5-3-6-13(17)9-12/h3-9,19H,10H2,1-2H3,(H,18,20). The molecule has 1 amide bonds. The summed E-state index contributed by atoms with van der Waals surface area (Å²) in [5.41, 5.74) is 3.24. The summed E-state index contributed by atoms with van der Waals surface area (Å²) in [6.45, 7) is 2.40. The van der Waals surface area contributed by atoms with Gasteiger partial charge in [-0.1, -0.05) is 18.2 Å². The van der Waals surface area contributed by atoms with Gasteiger partial charge in [-0.15, -0.1) is 0 Å². The molecule has 20 heavy (non-hydrogen) atoms. The number of anilines is 1. The summed E-state index contributed by atoms with van der Waals surface area (Å²) in [5.74, 6) is -0.364. The molecule has 0 radical (unpaired) electrons. The molecule has 0 saturated heterocycles. The van der Waals surface area contributed by atoms with Crippen molar-refractivity contribution in [2.45, 2.75) is 13.5 Å². The highest BCUT2D eigenvalue weighted by atomic mass is 19.1. The second kappa shape index (κ2) is 6.19. The Labute approximate surface area is 117 Å². The fraction of sp³-hybridized carbons (Fsp3) is 0.188. The zero-order valence-corrected chi connectivity index (χ0v) is 11.5. The van der Waals surface area contributed by atoms with Crippen molar-refractivity contribution in [3.8, 4) is 0 Å². The smallest absolute Gasteiger partial charge is 0.251 e. The maximum Gasteiger partial charge on any atom is 0.251 e. The lowest BCUT2D eigenvalue weighted by Crippen LogP contribution is -2.19. The molecule has 0 spiro atoms. The first-order valence-corrected chi connectivity index (χ1v) is 6.42. The van der Waals surface area contributed by atoms with Crippen LogP contribution in [0, 0.1) is 12.7 Å². The van der Waals surface area contributed by atoms with Gasteiger partial charge in [-0.25, -0.2) is 4.39 Å². The summed E-state index contributed by atoms with van der Waals surface area (Å²) in [6.07, 6.45) is 0. The number of rotatable bonds is 4. The summed E-state index contributed by atoms with van der Waals surface area (Å²) < 4.78 is 13.1. The van der Waals surface area contributed by atoms with Crippen LogP contribution >= 0.6 is 0 Å². The van der Waals surface area contributed by atoms with Crippen molar-refractivity contribution in [1.29, 1.82) is 0 Å². The largest absolute Gasteiger partial charge is 0.381 e. The molecule has 2 aromatic carbocycles. The van der Waals surface area contributed by atoms with E-state index in [2.05, 4.69) is 10.6 Å². The van der Waals surface area contributed by atoms with E-state index in [1.165, 1.54) is 12.1 Å². The number of carbonyl (C=O) groups excluding carboxylic acids is 1. The average Bonchev–Trinajstić information content (AvgIpc) is 2.45.